The second-order valence-corrected chi connectivity index (χ2v) is 7.66. The lowest BCUT2D eigenvalue weighted by Gasteiger charge is -2.11. The van der Waals surface area contributed by atoms with E-state index in [1.165, 1.54) is 25.4 Å². The second kappa shape index (κ2) is 11.0. The number of ether oxygens (including phenoxy) is 1. The summed E-state index contributed by atoms with van der Waals surface area (Å²) in [5.74, 6) is 0.137. The lowest BCUT2D eigenvalue weighted by molar-refractivity contribution is -0.137. The third-order valence-electron chi connectivity index (χ3n) is 4.81. The molecule has 2 aromatic carbocycles. The molecule has 1 heterocycles. The van der Waals surface area contributed by atoms with Crippen LogP contribution in [-0.2, 0) is 12.6 Å². The van der Waals surface area contributed by atoms with Crippen LogP contribution in [0.1, 0.15) is 38.4 Å². The number of nitrogens with zero attached hydrogens (tertiary/aromatic N) is 1. The van der Waals surface area contributed by atoms with Crippen molar-refractivity contribution >= 4 is 23.4 Å². The number of benzene rings is 2. The summed E-state index contributed by atoms with van der Waals surface area (Å²) in [6.45, 7) is 0.292. The largest absolute Gasteiger partial charge is 0.457 e. The Hall–Kier alpha value is -3.59. The normalized spacial score (nSPS) is 11.1. The molecule has 2 N–H and O–H groups in total. The van der Waals surface area contributed by atoms with E-state index in [1.807, 2.05) is 12.1 Å². The Bertz CT molecular complexity index is 1170. The van der Waals surface area contributed by atoms with Gasteiger partial charge in [-0.1, -0.05) is 23.7 Å². The van der Waals surface area contributed by atoms with Gasteiger partial charge in [-0.25, -0.2) is 0 Å². The van der Waals surface area contributed by atoms with Crippen LogP contribution in [0.15, 0.2) is 60.8 Å². The van der Waals surface area contributed by atoms with Gasteiger partial charge in [0, 0.05) is 31.4 Å². The quantitative estimate of drug-likeness (QED) is 0.421. The SMILES string of the molecule is CNC(=O)c1cc(Oc2ccc(CCCNC(=O)c3ccc(Cl)c(C(F)(F)F)c3)cc2)ccn1. The molecule has 178 valence electrons. The van der Waals surface area contributed by atoms with Gasteiger partial charge in [-0.15, -0.1) is 0 Å². The minimum absolute atomic E-state index is 0.103. The molecule has 6 nitrogen and oxygen atoms in total. The third-order valence-corrected chi connectivity index (χ3v) is 5.14. The van der Waals surface area contributed by atoms with Gasteiger partial charge >= 0.3 is 6.18 Å². The van der Waals surface area contributed by atoms with E-state index in [0.29, 0.717) is 30.9 Å². The summed E-state index contributed by atoms with van der Waals surface area (Å²) in [7, 11) is 1.52. The number of hydrogen-bond donors (Lipinski definition) is 2. The summed E-state index contributed by atoms with van der Waals surface area (Å²) in [6.07, 6.45) is -1.92. The maximum Gasteiger partial charge on any atom is 0.417 e. The lowest BCUT2D eigenvalue weighted by atomic mass is 10.1. The highest BCUT2D eigenvalue weighted by atomic mass is 35.5. The maximum atomic E-state index is 13.0. The molecule has 0 saturated carbocycles. The Morgan fingerprint density at radius 1 is 1.00 bits per heavy atom. The maximum absolute atomic E-state index is 13.0. The average molecular weight is 492 g/mol. The van der Waals surface area contributed by atoms with E-state index in [4.69, 9.17) is 16.3 Å². The predicted molar refractivity (Wildman–Crippen MR) is 121 cm³/mol. The first kappa shape index (κ1) is 25.0. The fourth-order valence-corrected chi connectivity index (χ4v) is 3.29. The van der Waals surface area contributed by atoms with Crippen molar-refractivity contribution in [1.29, 1.82) is 0 Å². The van der Waals surface area contributed by atoms with Crippen molar-refractivity contribution in [3.8, 4) is 11.5 Å². The summed E-state index contributed by atoms with van der Waals surface area (Å²) >= 11 is 5.58. The van der Waals surface area contributed by atoms with E-state index in [0.717, 1.165) is 17.7 Å². The minimum Gasteiger partial charge on any atom is -0.457 e. The standard InChI is InChI=1S/C24H21ClF3N3O3/c1-29-23(33)21-14-18(10-12-30-21)34-17-7-4-15(5-8-17)3-2-11-31-22(32)16-6-9-20(25)19(13-16)24(26,27)28/h4-10,12-14H,2-3,11H2,1H3,(H,29,33)(H,31,32). The number of pyridine rings is 1. The molecule has 0 aliphatic carbocycles. The number of alkyl halides is 3. The monoisotopic (exact) mass is 491 g/mol. The van der Waals surface area contributed by atoms with Crippen LogP contribution in [0, 0.1) is 0 Å². The fourth-order valence-electron chi connectivity index (χ4n) is 3.07. The van der Waals surface area contributed by atoms with Gasteiger partial charge in [-0.2, -0.15) is 13.2 Å². The number of carbonyl (C=O) groups is 2. The van der Waals surface area contributed by atoms with Gasteiger partial charge in [0.2, 0.25) is 0 Å². The highest BCUT2D eigenvalue weighted by Crippen LogP contribution is 2.35. The van der Waals surface area contributed by atoms with Gasteiger partial charge in [0.25, 0.3) is 11.8 Å². The molecule has 0 aliphatic rings. The van der Waals surface area contributed by atoms with Crippen molar-refractivity contribution in [3.05, 3.63) is 88.2 Å². The van der Waals surface area contributed by atoms with E-state index in [9.17, 15) is 22.8 Å². The number of halogens is 4. The predicted octanol–water partition coefficient (Wildman–Crippen LogP) is 5.27. The van der Waals surface area contributed by atoms with E-state index in [2.05, 4.69) is 15.6 Å². The molecule has 3 rings (SSSR count). The highest BCUT2D eigenvalue weighted by molar-refractivity contribution is 6.31. The molecule has 0 fully saturated rings. The molecule has 0 radical (unpaired) electrons. The molecule has 0 saturated heterocycles. The molecule has 2 amide bonds. The third kappa shape index (κ3) is 6.71. The van der Waals surface area contributed by atoms with E-state index in [1.54, 1.807) is 18.2 Å². The van der Waals surface area contributed by atoms with Crippen molar-refractivity contribution in [2.75, 3.05) is 13.6 Å². The van der Waals surface area contributed by atoms with Gasteiger partial charge < -0.3 is 15.4 Å². The molecular weight excluding hydrogens is 471 g/mol. The van der Waals surface area contributed by atoms with Crippen LogP contribution in [0.3, 0.4) is 0 Å². The Morgan fingerprint density at radius 2 is 1.74 bits per heavy atom. The number of hydrogen-bond acceptors (Lipinski definition) is 4. The zero-order chi connectivity index (χ0) is 24.7. The zero-order valence-corrected chi connectivity index (χ0v) is 18.8. The number of carbonyl (C=O) groups excluding carboxylic acids is 2. The van der Waals surface area contributed by atoms with Gasteiger partial charge in [-0.3, -0.25) is 14.6 Å². The first-order chi connectivity index (χ1) is 16.2. The molecular formula is C24H21ClF3N3O3. The van der Waals surface area contributed by atoms with Crippen LogP contribution in [0.25, 0.3) is 0 Å². The molecule has 0 atom stereocenters. The Morgan fingerprint density at radius 3 is 2.41 bits per heavy atom. The van der Waals surface area contributed by atoms with Gasteiger partial charge in [0.05, 0.1) is 10.6 Å². The Balaban J connectivity index is 1.49. The van der Waals surface area contributed by atoms with Gasteiger partial charge in [0.1, 0.15) is 17.2 Å². The van der Waals surface area contributed by atoms with Crippen LogP contribution >= 0.6 is 11.6 Å². The van der Waals surface area contributed by atoms with Crippen LogP contribution < -0.4 is 15.4 Å². The van der Waals surface area contributed by atoms with Crippen molar-refractivity contribution in [3.63, 3.8) is 0 Å². The molecule has 0 aliphatic heterocycles. The molecule has 0 bridgehead atoms. The van der Waals surface area contributed by atoms with Crippen LogP contribution in [0.2, 0.25) is 5.02 Å². The van der Waals surface area contributed by atoms with Crippen molar-refractivity contribution < 1.29 is 27.5 Å². The summed E-state index contributed by atoms with van der Waals surface area (Å²) in [6, 6.07) is 13.5. The van der Waals surface area contributed by atoms with E-state index in [-0.39, 0.29) is 17.2 Å². The first-order valence-electron chi connectivity index (χ1n) is 10.3. The molecule has 1 aromatic heterocycles. The van der Waals surface area contributed by atoms with E-state index < -0.39 is 22.7 Å². The summed E-state index contributed by atoms with van der Waals surface area (Å²) in [5.41, 5.74) is 0.0924. The summed E-state index contributed by atoms with van der Waals surface area (Å²) in [5, 5.41) is 4.66. The molecule has 10 heteroatoms. The molecule has 0 spiro atoms. The van der Waals surface area contributed by atoms with Crippen LogP contribution in [0.4, 0.5) is 13.2 Å². The number of aryl methyl sites for hydroxylation is 1. The molecule has 34 heavy (non-hydrogen) atoms. The Kier molecular flexibility index (Phi) is 8.12. The smallest absolute Gasteiger partial charge is 0.417 e. The van der Waals surface area contributed by atoms with Crippen molar-refractivity contribution in [2.24, 2.45) is 0 Å². The number of aromatic nitrogens is 1. The average Bonchev–Trinajstić information content (AvgIpc) is 2.82. The molecule has 3 aromatic rings. The lowest BCUT2D eigenvalue weighted by Crippen LogP contribution is -2.25. The second-order valence-electron chi connectivity index (χ2n) is 7.25. The number of rotatable bonds is 8. The summed E-state index contributed by atoms with van der Waals surface area (Å²) in [4.78, 5) is 27.8. The van der Waals surface area contributed by atoms with Crippen molar-refractivity contribution in [2.45, 2.75) is 19.0 Å². The van der Waals surface area contributed by atoms with Crippen LogP contribution in [-0.4, -0.2) is 30.4 Å². The minimum atomic E-state index is -4.63. The van der Waals surface area contributed by atoms with Crippen molar-refractivity contribution in [1.82, 2.24) is 15.6 Å². The van der Waals surface area contributed by atoms with E-state index >= 15 is 0 Å². The van der Waals surface area contributed by atoms with Gasteiger partial charge in [0.15, 0.2) is 0 Å². The molecule has 0 unspecified atom stereocenters. The first-order valence-corrected chi connectivity index (χ1v) is 10.6. The zero-order valence-electron chi connectivity index (χ0n) is 18.1. The van der Waals surface area contributed by atoms with Gasteiger partial charge in [-0.05, 0) is 54.8 Å². The topological polar surface area (TPSA) is 80.3 Å². The fraction of sp³-hybridized carbons (Fsp3) is 0.208. The Labute approximate surface area is 199 Å². The summed E-state index contributed by atoms with van der Waals surface area (Å²) < 4.78 is 44.6. The highest BCUT2D eigenvalue weighted by Gasteiger charge is 2.33. The number of nitrogens with one attached hydrogen (secondary N) is 2. The van der Waals surface area contributed by atoms with Crippen LogP contribution in [0.5, 0.6) is 11.5 Å². The number of amides is 2.